The van der Waals surface area contributed by atoms with Crippen molar-refractivity contribution < 1.29 is 4.74 Å². The van der Waals surface area contributed by atoms with Gasteiger partial charge in [-0.1, -0.05) is 23.9 Å². The number of hydrogen-bond acceptors (Lipinski definition) is 7. The molecule has 0 saturated carbocycles. The van der Waals surface area contributed by atoms with Gasteiger partial charge in [0, 0.05) is 23.6 Å². The van der Waals surface area contributed by atoms with Crippen molar-refractivity contribution in [1.82, 2.24) is 24.7 Å². The van der Waals surface area contributed by atoms with Crippen LogP contribution in [0.4, 0.5) is 0 Å². The molecule has 31 heavy (non-hydrogen) atoms. The normalized spacial score (nSPS) is 11.1. The van der Waals surface area contributed by atoms with Gasteiger partial charge in [0.2, 0.25) is 0 Å². The quantitative estimate of drug-likeness (QED) is 0.303. The van der Waals surface area contributed by atoms with Crippen LogP contribution in [0.25, 0.3) is 27.3 Å². The van der Waals surface area contributed by atoms with Crippen LogP contribution in [0.3, 0.4) is 0 Å². The van der Waals surface area contributed by atoms with Crippen LogP contribution in [0.5, 0.6) is 5.75 Å². The molecule has 0 saturated heterocycles. The van der Waals surface area contributed by atoms with E-state index in [2.05, 4.69) is 25.8 Å². The van der Waals surface area contributed by atoms with Crippen LogP contribution in [0.15, 0.2) is 78.2 Å². The first-order valence-electron chi connectivity index (χ1n) is 9.88. The number of aromatic nitrogens is 5. The molecule has 0 N–H and O–H groups in total. The first-order valence-corrected chi connectivity index (χ1v) is 11.7. The lowest BCUT2D eigenvalue weighted by Gasteiger charge is -2.11. The standard InChI is InChI=1S/C23H19N5OS2/c1-2-29-18-11-9-17(10-12-18)28-22(16-6-5-13-24-14-16)26-27-23(28)30-15-21-25-19-7-3-4-8-20(19)31-21/h3-14H,2,15H2,1H3. The number of rotatable bonds is 7. The van der Waals surface area contributed by atoms with Crippen LogP contribution in [0, 0.1) is 0 Å². The van der Waals surface area contributed by atoms with Gasteiger partial charge in [0.25, 0.3) is 0 Å². The second kappa shape index (κ2) is 8.87. The second-order valence-electron chi connectivity index (χ2n) is 6.67. The van der Waals surface area contributed by atoms with Gasteiger partial charge in [0.1, 0.15) is 10.8 Å². The third-order valence-corrected chi connectivity index (χ3v) is 6.78. The topological polar surface area (TPSA) is 65.7 Å². The average molecular weight is 446 g/mol. The molecular weight excluding hydrogens is 426 g/mol. The summed E-state index contributed by atoms with van der Waals surface area (Å²) in [7, 11) is 0. The van der Waals surface area contributed by atoms with Crippen molar-refractivity contribution in [2.75, 3.05) is 6.61 Å². The molecule has 0 radical (unpaired) electrons. The summed E-state index contributed by atoms with van der Waals surface area (Å²) in [5, 5.41) is 10.8. The van der Waals surface area contributed by atoms with Crippen molar-refractivity contribution in [3.8, 4) is 22.8 Å². The summed E-state index contributed by atoms with van der Waals surface area (Å²) in [6.45, 7) is 2.61. The first-order chi connectivity index (χ1) is 15.3. The van der Waals surface area contributed by atoms with Crippen molar-refractivity contribution in [3.05, 3.63) is 78.1 Å². The van der Waals surface area contributed by atoms with Gasteiger partial charge in [-0.15, -0.1) is 21.5 Å². The number of nitrogens with zero attached hydrogens (tertiary/aromatic N) is 5. The van der Waals surface area contributed by atoms with Gasteiger partial charge < -0.3 is 4.74 Å². The number of thioether (sulfide) groups is 1. The molecule has 0 unspecified atom stereocenters. The number of thiazole rings is 1. The van der Waals surface area contributed by atoms with Gasteiger partial charge >= 0.3 is 0 Å². The van der Waals surface area contributed by atoms with E-state index in [0.717, 1.165) is 44.3 Å². The van der Waals surface area contributed by atoms with Crippen molar-refractivity contribution in [3.63, 3.8) is 0 Å². The van der Waals surface area contributed by atoms with Crippen LogP contribution in [0.2, 0.25) is 0 Å². The second-order valence-corrected chi connectivity index (χ2v) is 8.73. The lowest BCUT2D eigenvalue weighted by Crippen LogP contribution is -2.00. The van der Waals surface area contributed by atoms with Crippen LogP contribution in [-0.2, 0) is 5.75 Å². The SMILES string of the molecule is CCOc1ccc(-n2c(SCc3nc4ccccc4s3)nnc2-c2cccnc2)cc1. The summed E-state index contributed by atoms with van der Waals surface area (Å²) in [4.78, 5) is 8.99. The predicted octanol–water partition coefficient (Wildman–Crippen LogP) is 5.63. The minimum absolute atomic E-state index is 0.635. The Morgan fingerprint density at radius 3 is 2.65 bits per heavy atom. The number of para-hydroxylation sites is 1. The molecule has 154 valence electrons. The Balaban J connectivity index is 1.49. The van der Waals surface area contributed by atoms with E-state index < -0.39 is 0 Å². The van der Waals surface area contributed by atoms with Gasteiger partial charge in [0.15, 0.2) is 11.0 Å². The van der Waals surface area contributed by atoms with Gasteiger partial charge in [-0.25, -0.2) is 4.98 Å². The fourth-order valence-corrected chi connectivity index (χ4v) is 5.16. The van der Waals surface area contributed by atoms with E-state index in [0.29, 0.717) is 6.61 Å². The Labute approximate surface area is 188 Å². The first kappa shape index (κ1) is 19.7. The van der Waals surface area contributed by atoms with E-state index in [9.17, 15) is 0 Å². The van der Waals surface area contributed by atoms with Crippen molar-refractivity contribution in [1.29, 1.82) is 0 Å². The molecule has 0 spiro atoms. The van der Waals surface area contributed by atoms with E-state index in [1.807, 2.05) is 61.5 Å². The van der Waals surface area contributed by atoms with Crippen molar-refractivity contribution >= 4 is 33.3 Å². The maximum atomic E-state index is 5.59. The van der Waals surface area contributed by atoms with Gasteiger partial charge in [-0.05, 0) is 55.5 Å². The summed E-state index contributed by atoms with van der Waals surface area (Å²) < 4.78 is 8.85. The largest absolute Gasteiger partial charge is 0.494 e. The Bertz CT molecular complexity index is 1270. The average Bonchev–Trinajstić information content (AvgIpc) is 3.43. The summed E-state index contributed by atoms with van der Waals surface area (Å²) in [5.41, 5.74) is 2.92. The molecule has 0 atom stereocenters. The Morgan fingerprint density at radius 1 is 1.00 bits per heavy atom. The monoisotopic (exact) mass is 445 g/mol. The van der Waals surface area contributed by atoms with Crippen LogP contribution in [0.1, 0.15) is 11.9 Å². The Hall–Kier alpha value is -3.23. The highest BCUT2D eigenvalue weighted by Crippen LogP contribution is 2.32. The molecule has 0 aliphatic carbocycles. The number of ether oxygens (including phenoxy) is 1. The highest BCUT2D eigenvalue weighted by Gasteiger charge is 2.17. The van der Waals surface area contributed by atoms with E-state index in [4.69, 9.17) is 9.72 Å². The summed E-state index contributed by atoms with van der Waals surface area (Å²) in [6, 6.07) is 20.1. The molecule has 0 bridgehead atoms. The molecule has 2 aromatic carbocycles. The highest BCUT2D eigenvalue weighted by molar-refractivity contribution is 7.98. The van der Waals surface area contributed by atoms with E-state index in [-0.39, 0.29) is 0 Å². The molecule has 5 rings (SSSR count). The summed E-state index contributed by atoms with van der Waals surface area (Å²) in [5.74, 6) is 2.32. The Kier molecular flexibility index (Phi) is 5.64. The third kappa shape index (κ3) is 4.17. The summed E-state index contributed by atoms with van der Waals surface area (Å²) >= 11 is 3.34. The van der Waals surface area contributed by atoms with Gasteiger partial charge in [-0.3, -0.25) is 9.55 Å². The molecule has 0 fully saturated rings. The zero-order valence-electron chi connectivity index (χ0n) is 16.8. The third-order valence-electron chi connectivity index (χ3n) is 4.62. The molecule has 0 aliphatic heterocycles. The van der Waals surface area contributed by atoms with E-state index >= 15 is 0 Å². The molecule has 3 aromatic heterocycles. The van der Waals surface area contributed by atoms with E-state index in [1.54, 1.807) is 35.5 Å². The molecule has 5 aromatic rings. The zero-order valence-corrected chi connectivity index (χ0v) is 18.4. The Morgan fingerprint density at radius 2 is 1.87 bits per heavy atom. The lowest BCUT2D eigenvalue weighted by atomic mass is 10.2. The zero-order chi connectivity index (χ0) is 21.0. The molecule has 0 amide bonds. The molecule has 6 nitrogen and oxygen atoms in total. The van der Waals surface area contributed by atoms with E-state index in [1.165, 1.54) is 4.70 Å². The fourth-order valence-electron chi connectivity index (χ4n) is 3.24. The molecular formula is C23H19N5OS2. The predicted molar refractivity (Wildman–Crippen MR) is 125 cm³/mol. The number of pyridine rings is 1. The molecule has 8 heteroatoms. The van der Waals surface area contributed by atoms with Gasteiger partial charge in [-0.2, -0.15) is 0 Å². The molecule has 0 aliphatic rings. The number of benzene rings is 2. The highest BCUT2D eigenvalue weighted by atomic mass is 32.2. The smallest absolute Gasteiger partial charge is 0.196 e. The summed E-state index contributed by atoms with van der Waals surface area (Å²) in [6.07, 6.45) is 3.56. The maximum absolute atomic E-state index is 5.59. The van der Waals surface area contributed by atoms with Crippen LogP contribution in [-0.4, -0.2) is 31.3 Å². The maximum Gasteiger partial charge on any atom is 0.196 e. The van der Waals surface area contributed by atoms with Crippen LogP contribution >= 0.6 is 23.1 Å². The minimum Gasteiger partial charge on any atom is -0.494 e. The minimum atomic E-state index is 0.635. The fraction of sp³-hybridized carbons (Fsp3) is 0.130. The van der Waals surface area contributed by atoms with Crippen LogP contribution < -0.4 is 4.74 Å². The number of hydrogen-bond donors (Lipinski definition) is 0. The van der Waals surface area contributed by atoms with Crippen molar-refractivity contribution in [2.45, 2.75) is 17.8 Å². The molecule has 3 heterocycles. The number of fused-ring (bicyclic) bond motifs is 1. The lowest BCUT2D eigenvalue weighted by molar-refractivity contribution is 0.340. The van der Waals surface area contributed by atoms with Crippen molar-refractivity contribution in [2.24, 2.45) is 0 Å². The van der Waals surface area contributed by atoms with Gasteiger partial charge in [0.05, 0.1) is 22.6 Å².